The molecular formula is C16H19N3O4. The third-order valence-electron chi connectivity index (χ3n) is 3.06. The van der Waals surface area contributed by atoms with E-state index in [1.807, 2.05) is 24.3 Å². The molecule has 1 aromatic carbocycles. The van der Waals surface area contributed by atoms with Crippen molar-refractivity contribution in [3.8, 4) is 11.8 Å². The van der Waals surface area contributed by atoms with Crippen molar-refractivity contribution in [3.63, 3.8) is 0 Å². The van der Waals surface area contributed by atoms with E-state index in [0.29, 0.717) is 13.0 Å². The van der Waals surface area contributed by atoms with Crippen molar-refractivity contribution >= 4 is 11.9 Å². The topological polar surface area (TPSA) is 111 Å². The number of nitrogens with zero attached hydrogens (tertiary/aromatic N) is 1. The van der Waals surface area contributed by atoms with Crippen LogP contribution >= 0.6 is 0 Å². The van der Waals surface area contributed by atoms with E-state index in [0.717, 1.165) is 11.3 Å². The molecule has 0 bridgehead atoms. The largest absolute Gasteiger partial charge is 0.496 e. The monoisotopic (exact) mass is 317 g/mol. The molecule has 3 N–H and O–H groups in total. The molecule has 23 heavy (non-hydrogen) atoms. The van der Waals surface area contributed by atoms with Gasteiger partial charge in [-0.25, -0.2) is 0 Å². The maximum Gasteiger partial charge on any atom is 0.325 e. The Kier molecular flexibility index (Phi) is 7.14. The highest BCUT2D eigenvalue weighted by molar-refractivity contribution is 5.99. The molecule has 1 aromatic rings. The fourth-order valence-corrected chi connectivity index (χ4v) is 1.78. The Morgan fingerprint density at radius 3 is 2.74 bits per heavy atom. The van der Waals surface area contributed by atoms with Crippen molar-refractivity contribution in [1.82, 2.24) is 10.6 Å². The third kappa shape index (κ3) is 5.71. The number of amides is 1. The predicted octanol–water partition coefficient (Wildman–Crippen LogP) is 0.824. The fourth-order valence-electron chi connectivity index (χ4n) is 1.78. The van der Waals surface area contributed by atoms with Crippen LogP contribution in [0.5, 0.6) is 5.75 Å². The van der Waals surface area contributed by atoms with E-state index in [4.69, 9.17) is 15.1 Å². The molecule has 1 rings (SSSR count). The molecular weight excluding hydrogens is 298 g/mol. The first-order valence-corrected chi connectivity index (χ1v) is 6.98. The summed E-state index contributed by atoms with van der Waals surface area (Å²) < 4.78 is 5.23. The van der Waals surface area contributed by atoms with Gasteiger partial charge in [0.2, 0.25) is 0 Å². The van der Waals surface area contributed by atoms with Crippen LogP contribution in [0.3, 0.4) is 0 Å². The SMILES string of the molecule is COc1ccccc1CCN/C=C(/C#N)C(=O)NC(C)C(=O)O. The van der Waals surface area contributed by atoms with Crippen LogP contribution < -0.4 is 15.4 Å². The van der Waals surface area contributed by atoms with Gasteiger partial charge in [-0.3, -0.25) is 9.59 Å². The van der Waals surface area contributed by atoms with Crippen LogP contribution in [0.25, 0.3) is 0 Å². The number of hydrogen-bond donors (Lipinski definition) is 3. The summed E-state index contributed by atoms with van der Waals surface area (Å²) in [5.74, 6) is -1.13. The van der Waals surface area contributed by atoms with Gasteiger partial charge in [-0.1, -0.05) is 18.2 Å². The number of carboxylic acid groups (broad SMARTS) is 1. The number of carboxylic acids is 1. The zero-order valence-electron chi connectivity index (χ0n) is 13.0. The van der Waals surface area contributed by atoms with E-state index in [1.54, 1.807) is 13.2 Å². The average molecular weight is 317 g/mol. The van der Waals surface area contributed by atoms with Crippen LogP contribution in [0, 0.1) is 11.3 Å². The number of hydrogen-bond acceptors (Lipinski definition) is 5. The van der Waals surface area contributed by atoms with Gasteiger partial charge in [-0.05, 0) is 25.0 Å². The zero-order valence-corrected chi connectivity index (χ0v) is 13.0. The number of carbonyl (C=O) groups is 2. The first kappa shape index (κ1) is 18.0. The Hall–Kier alpha value is -3.01. The molecule has 0 aromatic heterocycles. The second-order valence-electron chi connectivity index (χ2n) is 4.72. The summed E-state index contributed by atoms with van der Waals surface area (Å²) >= 11 is 0. The van der Waals surface area contributed by atoms with Crippen molar-refractivity contribution < 1.29 is 19.4 Å². The van der Waals surface area contributed by atoms with E-state index >= 15 is 0 Å². The number of methoxy groups -OCH3 is 1. The summed E-state index contributed by atoms with van der Waals surface area (Å²) in [4.78, 5) is 22.4. The minimum atomic E-state index is -1.17. The molecule has 0 aliphatic carbocycles. The van der Waals surface area contributed by atoms with Crippen molar-refractivity contribution in [3.05, 3.63) is 41.6 Å². The highest BCUT2D eigenvalue weighted by Gasteiger charge is 2.16. The van der Waals surface area contributed by atoms with Crippen molar-refractivity contribution in [2.24, 2.45) is 0 Å². The van der Waals surface area contributed by atoms with Gasteiger partial charge in [-0.2, -0.15) is 5.26 Å². The van der Waals surface area contributed by atoms with E-state index < -0.39 is 17.9 Å². The summed E-state index contributed by atoms with van der Waals surface area (Å²) in [6, 6.07) is 8.23. The Morgan fingerprint density at radius 2 is 2.13 bits per heavy atom. The van der Waals surface area contributed by atoms with E-state index in [1.165, 1.54) is 13.1 Å². The number of ether oxygens (including phenoxy) is 1. The standard InChI is InChI=1S/C16H19N3O4/c1-11(16(21)22)19-15(20)13(9-17)10-18-8-7-12-5-3-4-6-14(12)23-2/h3-6,10-11,18H,7-8H2,1-2H3,(H,19,20)(H,21,22)/b13-10-. The molecule has 0 aliphatic rings. The molecule has 7 nitrogen and oxygen atoms in total. The summed E-state index contributed by atoms with van der Waals surface area (Å²) in [6.07, 6.45) is 1.92. The second-order valence-corrected chi connectivity index (χ2v) is 4.72. The normalized spacial score (nSPS) is 12.0. The molecule has 0 heterocycles. The molecule has 1 amide bonds. The van der Waals surface area contributed by atoms with Crippen molar-refractivity contribution in [2.45, 2.75) is 19.4 Å². The minimum absolute atomic E-state index is 0.182. The number of carbonyl (C=O) groups excluding carboxylic acids is 1. The van der Waals surface area contributed by atoms with Crippen LogP contribution in [0.2, 0.25) is 0 Å². The van der Waals surface area contributed by atoms with Gasteiger partial charge >= 0.3 is 5.97 Å². The van der Waals surface area contributed by atoms with Crippen LogP contribution in [0.4, 0.5) is 0 Å². The Labute approximate surface area is 134 Å². The molecule has 0 aliphatic heterocycles. The summed E-state index contributed by atoms with van der Waals surface area (Å²) in [5.41, 5.74) is 0.816. The summed E-state index contributed by atoms with van der Waals surface area (Å²) in [6.45, 7) is 1.82. The van der Waals surface area contributed by atoms with Crippen LogP contribution in [-0.4, -0.2) is 36.7 Å². The van der Waals surface area contributed by atoms with E-state index in [-0.39, 0.29) is 5.57 Å². The third-order valence-corrected chi connectivity index (χ3v) is 3.06. The lowest BCUT2D eigenvalue weighted by Gasteiger charge is -2.09. The van der Waals surface area contributed by atoms with Gasteiger partial charge in [0, 0.05) is 12.7 Å². The van der Waals surface area contributed by atoms with E-state index in [2.05, 4.69) is 10.6 Å². The van der Waals surface area contributed by atoms with Crippen LogP contribution in [0.15, 0.2) is 36.0 Å². The number of aliphatic carboxylic acids is 1. The fraction of sp³-hybridized carbons (Fsp3) is 0.312. The molecule has 0 fully saturated rings. The molecule has 0 spiro atoms. The van der Waals surface area contributed by atoms with Gasteiger partial charge in [0.1, 0.15) is 23.4 Å². The number of nitrogens with one attached hydrogen (secondary N) is 2. The number of rotatable bonds is 8. The summed E-state index contributed by atoms with van der Waals surface area (Å²) in [7, 11) is 1.59. The molecule has 7 heteroatoms. The number of para-hydroxylation sites is 1. The highest BCUT2D eigenvalue weighted by Crippen LogP contribution is 2.17. The smallest absolute Gasteiger partial charge is 0.325 e. The van der Waals surface area contributed by atoms with Gasteiger partial charge < -0.3 is 20.5 Å². The van der Waals surface area contributed by atoms with E-state index in [9.17, 15) is 9.59 Å². The average Bonchev–Trinajstić information content (AvgIpc) is 2.54. The van der Waals surface area contributed by atoms with Crippen LogP contribution in [-0.2, 0) is 16.0 Å². The lowest BCUT2D eigenvalue weighted by molar-refractivity contribution is -0.140. The lowest BCUT2D eigenvalue weighted by atomic mass is 10.1. The first-order chi connectivity index (χ1) is 11.0. The number of benzene rings is 1. The molecule has 122 valence electrons. The molecule has 1 atom stereocenters. The second kappa shape index (κ2) is 9.10. The molecule has 0 saturated heterocycles. The van der Waals surface area contributed by atoms with Crippen molar-refractivity contribution in [2.75, 3.05) is 13.7 Å². The zero-order chi connectivity index (χ0) is 17.2. The maximum absolute atomic E-state index is 11.7. The minimum Gasteiger partial charge on any atom is -0.496 e. The molecule has 0 saturated carbocycles. The predicted molar refractivity (Wildman–Crippen MR) is 83.6 cm³/mol. The first-order valence-electron chi connectivity index (χ1n) is 6.98. The summed E-state index contributed by atoms with van der Waals surface area (Å²) in [5, 5.41) is 22.8. The maximum atomic E-state index is 11.7. The Bertz CT molecular complexity index is 634. The molecule has 1 unspecified atom stereocenters. The molecule has 0 radical (unpaired) electrons. The van der Waals surface area contributed by atoms with Gasteiger partial charge in [0.25, 0.3) is 5.91 Å². The van der Waals surface area contributed by atoms with Crippen molar-refractivity contribution in [1.29, 1.82) is 5.26 Å². The highest BCUT2D eigenvalue weighted by atomic mass is 16.5. The quantitative estimate of drug-likeness (QED) is 0.372. The Morgan fingerprint density at radius 1 is 1.43 bits per heavy atom. The number of nitriles is 1. The Balaban J connectivity index is 2.56. The van der Waals surface area contributed by atoms with Gasteiger partial charge in [0.05, 0.1) is 7.11 Å². The van der Waals surface area contributed by atoms with Gasteiger partial charge in [0.15, 0.2) is 0 Å². The van der Waals surface area contributed by atoms with Crippen LogP contribution in [0.1, 0.15) is 12.5 Å². The lowest BCUT2D eigenvalue weighted by Crippen LogP contribution is -2.39. The van der Waals surface area contributed by atoms with Gasteiger partial charge in [-0.15, -0.1) is 0 Å².